The summed E-state index contributed by atoms with van der Waals surface area (Å²) in [5.74, 6) is -0.832. The van der Waals surface area contributed by atoms with E-state index in [1.54, 1.807) is 24.3 Å². The number of aliphatic carboxylic acids is 1. The van der Waals surface area contributed by atoms with Gasteiger partial charge in [-0.1, -0.05) is 6.92 Å². The number of carboxylic acid groups (broad SMARTS) is 1. The maximum atomic E-state index is 11.7. The van der Waals surface area contributed by atoms with Crippen LogP contribution in [0, 0.1) is 5.92 Å². The Hall–Kier alpha value is -2.08. The SMILES string of the molecule is CC(CCN)C(=O)Nc1ccc(OCC(=O)O)cc1. The molecule has 0 aliphatic carbocycles. The maximum Gasteiger partial charge on any atom is 0.341 e. The Morgan fingerprint density at radius 1 is 1.37 bits per heavy atom. The van der Waals surface area contributed by atoms with Gasteiger partial charge in [0.1, 0.15) is 5.75 Å². The summed E-state index contributed by atoms with van der Waals surface area (Å²) in [5.41, 5.74) is 6.03. The molecule has 4 N–H and O–H groups in total. The summed E-state index contributed by atoms with van der Waals surface area (Å²) in [6.07, 6.45) is 0.631. The second-order valence-corrected chi connectivity index (χ2v) is 4.17. The van der Waals surface area contributed by atoms with Gasteiger partial charge in [0.2, 0.25) is 5.91 Å². The smallest absolute Gasteiger partial charge is 0.341 e. The van der Waals surface area contributed by atoms with Crippen LogP contribution in [0.15, 0.2) is 24.3 Å². The third-order valence-corrected chi connectivity index (χ3v) is 2.53. The summed E-state index contributed by atoms with van der Waals surface area (Å²) >= 11 is 0. The molecule has 0 saturated heterocycles. The average Bonchev–Trinajstić information content (AvgIpc) is 2.38. The summed E-state index contributed by atoms with van der Waals surface area (Å²) in [5, 5.41) is 11.2. The monoisotopic (exact) mass is 266 g/mol. The van der Waals surface area contributed by atoms with Crippen LogP contribution >= 0.6 is 0 Å². The molecule has 1 amide bonds. The fourth-order valence-electron chi connectivity index (χ4n) is 1.43. The Bertz CT molecular complexity index is 431. The maximum absolute atomic E-state index is 11.7. The molecule has 0 fully saturated rings. The van der Waals surface area contributed by atoms with Gasteiger partial charge in [0, 0.05) is 11.6 Å². The second kappa shape index (κ2) is 7.38. The van der Waals surface area contributed by atoms with E-state index in [0.717, 1.165) is 0 Å². The number of carbonyl (C=O) groups excluding carboxylic acids is 1. The zero-order chi connectivity index (χ0) is 14.3. The molecule has 19 heavy (non-hydrogen) atoms. The van der Waals surface area contributed by atoms with Crippen molar-refractivity contribution in [3.05, 3.63) is 24.3 Å². The average molecular weight is 266 g/mol. The molecule has 1 aromatic carbocycles. The van der Waals surface area contributed by atoms with E-state index < -0.39 is 5.97 Å². The van der Waals surface area contributed by atoms with Crippen LogP contribution in [0.25, 0.3) is 0 Å². The molecule has 0 bridgehead atoms. The van der Waals surface area contributed by atoms with Crippen molar-refractivity contribution >= 4 is 17.6 Å². The zero-order valence-corrected chi connectivity index (χ0v) is 10.8. The molecule has 6 heteroatoms. The van der Waals surface area contributed by atoms with Crippen LogP contribution in [-0.4, -0.2) is 30.1 Å². The van der Waals surface area contributed by atoms with Crippen molar-refractivity contribution in [3.63, 3.8) is 0 Å². The molecule has 0 heterocycles. The highest BCUT2D eigenvalue weighted by Gasteiger charge is 2.11. The van der Waals surface area contributed by atoms with Gasteiger partial charge in [-0.25, -0.2) is 4.79 Å². The molecule has 0 saturated carbocycles. The lowest BCUT2D eigenvalue weighted by Crippen LogP contribution is -2.22. The first kappa shape index (κ1) is 15.0. The summed E-state index contributed by atoms with van der Waals surface area (Å²) in [6, 6.07) is 6.52. The fraction of sp³-hybridized carbons (Fsp3) is 0.385. The molecule has 0 spiro atoms. The van der Waals surface area contributed by atoms with E-state index >= 15 is 0 Å². The predicted octanol–water partition coefficient (Wildman–Crippen LogP) is 1.07. The number of carboxylic acids is 1. The largest absolute Gasteiger partial charge is 0.482 e. The molecule has 0 aliphatic heterocycles. The Labute approximate surface area is 111 Å². The van der Waals surface area contributed by atoms with E-state index in [4.69, 9.17) is 15.6 Å². The number of hydrogen-bond donors (Lipinski definition) is 3. The van der Waals surface area contributed by atoms with Crippen LogP contribution in [0.4, 0.5) is 5.69 Å². The van der Waals surface area contributed by atoms with Gasteiger partial charge in [0.25, 0.3) is 0 Å². The molecule has 0 aliphatic rings. The third kappa shape index (κ3) is 5.39. The lowest BCUT2D eigenvalue weighted by molar-refractivity contribution is -0.139. The van der Waals surface area contributed by atoms with Gasteiger partial charge in [-0.2, -0.15) is 0 Å². The molecule has 6 nitrogen and oxygen atoms in total. The molecule has 0 radical (unpaired) electrons. The van der Waals surface area contributed by atoms with Crippen LogP contribution < -0.4 is 15.8 Å². The highest BCUT2D eigenvalue weighted by Crippen LogP contribution is 2.16. The Morgan fingerprint density at radius 2 is 2.00 bits per heavy atom. The predicted molar refractivity (Wildman–Crippen MR) is 71.0 cm³/mol. The Morgan fingerprint density at radius 3 is 2.53 bits per heavy atom. The van der Waals surface area contributed by atoms with E-state index in [1.165, 1.54) is 0 Å². The van der Waals surface area contributed by atoms with Crippen molar-refractivity contribution < 1.29 is 19.4 Å². The quantitative estimate of drug-likeness (QED) is 0.685. The Kier molecular flexibility index (Phi) is 5.81. The number of hydrogen-bond acceptors (Lipinski definition) is 4. The minimum Gasteiger partial charge on any atom is -0.482 e. The lowest BCUT2D eigenvalue weighted by atomic mass is 10.1. The van der Waals surface area contributed by atoms with Crippen molar-refractivity contribution in [2.75, 3.05) is 18.5 Å². The summed E-state index contributed by atoms with van der Waals surface area (Å²) in [4.78, 5) is 22.1. The van der Waals surface area contributed by atoms with Crippen molar-refractivity contribution in [2.24, 2.45) is 11.7 Å². The molecule has 1 aromatic rings. The minimum atomic E-state index is -1.03. The summed E-state index contributed by atoms with van der Waals surface area (Å²) in [7, 11) is 0. The number of carbonyl (C=O) groups is 2. The van der Waals surface area contributed by atoms with Crippen LogP contribution in [0.2, 0.25) is 0 Å². The van der Waals surface area contributed by atoms with Crippen molar-refractivity contribution in [1.82, 2.24) is 0 Å². The number of amides is 1. The Balaban J connectivity index is 2.52. The van der Waals surface area contributed by atoms with E-state index in [-0.39, 0.29) is 18.4 Å². The van der Waals surface area contributed by atoms with E-state index in [0.29, 0.717) is 24.4 Å². The van der Waals surface area contributed by atoms with Gasteiger partial charge in [0.05, 0.1) is 0 Å². The number of nitrogens with two attached hydrogens (primary N) is 1. The van der Waals surface area contributed by atoms with Crippen LogP contribution in [0.1, 0.15) is 13.3 Å². The van der Waals surface area contributed by atoms with Gasteiger partial charge in [0.15, 0.2) is 6.61 Å². The molecular weight excluding hydrogens is 248 g/mol. The van der Waals surface area contributed by atoms with E-state index in [9.17, 15) is 9.59 Å². The zero-order valence-electron chi connectivity index (χ0n) is 10.8. The van der Waals surface area contributed by atoms with E-state index in [1.807, 2.05) is 6.92 Å². The first-order chi connectivity index (χ1) is 9.02. The van der Waals surface area contributed by atoms with E-state index in [2.05, 4.69) is 5.32 Å². The molecule has 1 atom stereocenters. The minimum absolute atomic E-state index is 0.0929. The number of ether oxygens (including phenoxy) is 1. The standard InChI is InChI=1S/C13H18N2O4/c1-9(6-7-14)13(18)15-10-2-4-11(5-3-10)19-8-12(16)17/h2-5,9H,6-8,14H2,1H3,(H,15,18)(H,16,17). The van der Waals surface area contributed by atoms with Gasteiger partial charge < -0.3 is 20.9 Å². The number of nitrogens with one attached hydrogen (secondary N) is 1. The number of benzene rings is 1. The normalized spacial score (nSPS) is 11.7. The van der Waals surface area contributed by atoms with Gasteiger partial charge in [-0.05, 0) is 37.2 Å². The lowest BCUT2D eigenvalue weighted by Gasteiger charge is -2.11. The summed E-state index contributed by atoms with van der Waals surface area (Å²) in [6.45, 7) is 1.89. The summed E-state index contributed by atoms with van der Waals surface area (Å²) < 4.78 is 4.98. The fourth-order valence-corrected chi connectivity index (χ4v) is 1.43. The third-order valence-electron chi connectivity index (χ3n) is 2.53. The highest BCUT2D eigenvalue weighted by molar-refractivity contribution is 5.92. The van der Waals surface area contributed by atoms with Crippen molar-refractivity contribution in [3.8, 4) is 5.75 Å². The van der Waals surface area contributed by atoms with Crippen molar-refractivity contribution in [2.45, 2.75) is 13.3 Å². The molecule has 0 aromatic heterocycles. The number of anilines is 1. The number of rotatable bonds is 7. The van der Waals surface area contributed by atoms with Gasteiger partial charge >= 0.3 is 5.97 Å². The van der Waals surface area contributed by atoms with Gasteiger partial charge in [-0.15, -0.1) is 0 Å². The van der Waals surface area contributed by atoms with Crippen LogP contribution in [0.5, 0.6) is 5.75 Å². The first-order valence-electron chi connectivity index (χ1n) is 5.98. The molecular formula is C13H18N2O4. The van der Waals surface area contributed by atoms with Crippen molar-refractivity contribution in [1.29, 1.82) is 0 Å². The second-order valence-electron chi connectivity index (χ2n) is 4.17. The van der Waals surface area contributed by atoms with Gasteiger partial charge in [-0.3, -0.25) is 4.79 Å². The topological polar surface area (TPSA) is 102 Å². The molecule has 1 rings (SSSR count). The highest BCUT2D eigenvalue weighted by atomic mass is 16.5. The van der Waals surface area contributed by atoms with Crippen LogP contribution in [0.3, 0.4) is 0 Å². The van der Waals surface area contributed by atoms with Crippen LogP contribution in [-0.2, 0) is 9.59 Å². The molecule has 104 valence electrons. The molecule has 1 unspecified atom stereocenters. The first-order valence-corrected chi connectivity index (χ1v) is 5.98.